The first-order valence-corrected chi connectivity index (χ1v) is 15.3. The van der Waals surface area contributed by atoms with Gasteiger partial charge in [-0.05, 0) is 0 Å². The van der Waals surface area contributed by atoms with Gasteiger partial charge in [-0.1, -0.05) is 0 Å². The normalized spacial score (nSPS) is 15.7. The van der Waals surface area contributed by atoms with E-state index < -0.39 is 21.0 Å². The smallest absolute Gasteiger partial charge is 0.147 e. The molecule has 0 amide bonds. The molecule has 3 aromatic carbocycles. The molecule has 0 aromatic heterocycles. The standard InChI is InChI=1S/C13H9.C9H7.C3H6.2ClH.Hf/c1-3-7-12-10(5-1)9-11-6-2-4-8-13(11)12;1-2-5-9-7-3-6-8(9)4-1;1-3-2;;;/h1-9H;1-7H;1-2H3;2*1H;. The fourth-order valence-corrected chi connectivity index (χ4v) is 17.8. The number of hydrogen-bond acceptors (Lipinski definition) is 0. The fourth-order valence-electron chi connectivity index (χ4n) is 4.79. The Labute approximate surface area is 187 Å². The molecular weight excluding hydrogens is 550 g/mol. The summed E-state index contributed by atoms with van der Waals surface area (Å²) in [6.45, 7) is 4.81. The predicted molar refractivity (Wildman–Crippen MR) is 123 cm³/mol. The maximum absolute atomic E-state index is 2.52. The van der Waals surface area contributed by atoms with Gasteiger partial charge in [-0.2, -0.15) is 0 Å². The molecule has 0 fully saturated rings. The van der Waals surface area contributed by atoms with Gasteiger partial charge in [0.1, 0.15) is 0 Å². The fraction of sp³-hybridized carbons (Fsp3) is 0.160. The van der Waals surface area contributed by atoms with Gasteiger partial charge in [0.25, 0.3) is 0 Å². The van der Waals surface area contributed by atoms with Crippen molar-refractivity contribution in [3.8, 4) is 11.1 Å². The molecule has 0 nitrogen and oxygen atoms in total. The predicted octanol–water partition coefficient (Wildman–Crippen LogP) is 7.20. The first kappa shape index (κ1) is 21.4. The Balaban J connectivity index is 0.00000112. The minimum absolute atomic E-state index is 0. The molecule has 0 bridgehead atoms. The molecule has 3 heteroatoms. The maximum Gasteiger partial charge on any atom is -0.147 e. The third-order valence-corrected chi connectivity index (χ3v) is 18.7. The van der Waals surface area contributed by atoms with Crippen LogP contribution in [-0.4, -0.2) is 3.26 Å². The zero-order chi connectivity index (χ0) is 17.7. The van der Waals surface area contributed by atoms with Gasteiger partial charge in [0, 0.05) is 0 Å². The van der Waals surface area contributed by atoms with Gasteiger partial charge in [-0.25, -0.2) is 0 Å². The summed E-state index contributed by atoms with van der Waals surface area (Å²) >= 11 is -2.23. The Morgan fingerprint density at radius 2 is 1.18 bits per heavy atom. The second-order valence-electron chi connectivity index (χ2n) is 7.53. The van der Waals surface area contributed by atoms with E-state index in [1.165, 1.54) is 16.7 Å². The van der Waals surface area contributed by atoms with Crippen LogP contribution in [-0.2, 0) is 21.0 Å². The molecule has 0 saturated heterocycles. The average Bonchev–Trinajstić information content (AvgIpc) is 3.23. The van der Waals surface area contributed by atoms with Crippen LogP contribution < -0.4 is 0 Å². The van der Waals surface area contributed by atoms with Gasteiger partial charge in [0.15, 0.2) is 0 Å². The van der Waals surface area contributed by atoms with Crippen LogP contribution >= 0.6 is 24.8 Å². The van der Waals surface area contributed by atoms with Crippen molar-refractivity contribution in [3.63, 3.8) is 0 Å². The molecule has 0 spiro atoms. The first-order valence-electron chi connectivity index (χ1n) is 9.38. The Morgan fingerprint density at radius 3 is 1.75 bits per heavy atom. The van der Waals surface area contributed by atoms with Crippen LogP contribution in [0.15, 0.2) is 78.9 Å². The maximum atomic E-state index is 2.52. The van der Waals surface area contributed by atoms with Crippen molar-refractivity contribution in [2.45, 2.75) is 21.2 Å². The number of hydrogen-bond donors (Lipinski definition) is 0. The number of rotatable bonds is 2. The van der Waals surface area contributed by atoms with E-state index in [4.69, 9.17) is 0 Å². The molecule has 0 N–H and O–H groups in total. The van der Waals surface area contributed by atoms with Crippen LogP contribution in [0.1, 0.15) is 43.5 Å². The quantitative estimate of drug-likeness (QED) is 0.285. The summed E-state index contributed by atoms with van der Waals surface area (Å²) in [5.41, 5.74) is 9.09. The molecule has 3 aromatic rings. The molecule has 1 atom stereocenters. The molecule has 1 unspecified atom stereocenters. The monoisotopic (exact) mass is 574 g/mol. The van der Waals surface area contributed by atoms with Crippen LogP contribution in [0.5, 0.6) is 0 Å². The van der Waals surface area contributed by atoms with Crippen molar-refractivity contribution in [3.05, 3.63) is 101 Å². The summed E-state index contributed by atoms with van der Waals surface area (Å²) < 4.78 is 3.02. The van der Waals surface area contributed by atoms with Crippen molar-refractivity contribution in [2.75, 3.05) is 0 Å². The Bertz CT molecular complexity index is 1030. The Hall–Kier alpha value is -1.28. The molecule has 0 radical (unpaired) electrons. The average molecular weight is 574 g/mol. The molecular formula is C25H24Cl2Hf. The SMILES string of the molecule is C[C](C)=[Hf]([CH]1C=Cc2ccccc21)[CH]1c2ccccc2-c2ccccc21.Cl.Cl. The van der Waals surface area contributed by atoms with E-state index in [0.29, 0.717) is 7.35 Å². The zero-order valence-electron chi connectivity index (χ0n) is 16.1. The second kappa shape index (κ2) is 8.61. The van der Waals surface area contributed by atoms with E-state index >= 15 is 0 Å². The molecule has 2 aliphatic rings. The third kappa shape index (κ3) is 3.32. The number of benzene rings is 3. The van der Waals surface area contributed by atoms with Crippen molar-refractivity contribution in [2.24, 2.45) is 0 Å². The summed E-state index contributed by atoms with van der Waals surface area (Å²) in [5, 5.41) is 0. The van der Waals surface area contributed by atoms with E-state index in [2.05, 4.69) is 98.8 Å². The van der Waals surface area contributed by atoms with E-state index in [9.17, 15) is 0 Å². The minimum atomic E-state index is -2.23. The summed E-state index contributed by atoms with van der Waals surface area (Å²) in [5.74, 6) is 0. The van der Waals surface area contributed by atoms with Crippen molar-refractivity contribution < 1.29 is 21.0 Å². The molecule has 0 heterocycles. The molecule has 0 aliphatic heterocycles. The Kier molecular flexibility index (Phi) is 6.59. The van der Waals surface area contributed by atoms with Gasteiger partial charge in [-0.15, -0.1) is 24.8 Å². The van der Waals surface area contributed by atoms with Crippen LogP contribution in [0.2, 0.25) is 0 Å². The van der Waals surface area contributed by atoms with Crippen molar-refractivity contribution >= 4 is 34.1 Å². The van der Waals surface area contributed by atoms with E-state index in [1.807, 2.05) is 0 Å². The van der Waals surface area contributed by atoms with E-state index in [0.717, 1.165) is 0 Å². The largest absolute Gasteiger partial charge is 0.147 e. The van der Waals surface area contributed by atoms with E-state index in [-0.39, 0.29) is 24.8 Å². The van der Waals surface area contributed by atoms with Crippen molar-refractivity contribution in [1.82, 2.24) is 0 Å². The summed E-state index contributed by atoms with van der Waals surface area (Å²) in [6, 6.07) is 27.3. The first-order chi connectivity index (χ1) is 12.8. The second-order valence-corrected chi connectivity index (χ2v) is 18.7. The zero-order valence-corrected chi connectivity index (χ0v) is 21.3. The third-order valence-electron chi connectivity index (χ3n) is 5.86. The summed E-state index contributed by atoms with van der Waals surface area (Å²) in [6.07, 6.45) is 4.88. The Morgan fingerprint density at radius 1 is 0.679 bits per heavy atom. The summed E-state index contributed by atoms with van der Waals surface area (Å²) in [4.78, 5) is 0. The summed E-state index contributed by atoms with van der Waals surface area (Å²) in [7, 11) is 0. The molecule has 5 rings (SSSR count). The molecule has 2 aliphatic carbocycles. The number of allylic oxidation sites excluding steroid dienone is 1. The molecule has 0 saturated carbocycles. The van der Waals surface area contributed by atoms with Crippen LogP contribution in [0, 0.1) is 0 Å². The minimum Gasteiger partial charge on any atom is -0.147 e. The molecule has 142 valence electrons. The van der Waals surface area contributed by atoms with Crippen LogP contribution in [0.4, 0.5) is 0 Å². The van der Waals surface area contributed by atoms with Gasteiger partial charge in [-0.3, -0.25) is 0 Å². The van der Waals surface area contributed by atoms with Gasteiger partial charge >= 0.3 is 164 Å². The molecule has 28 heavy (non-hydrogen) atoms. The van der Waals surface area contributed by atoms with Gasteiger partial charge in [0.05, 0.1) is 0 Å². The van der Waals surface area contributed by atoms with Crippen LogP contribution in [0.3, 0.4) is 0 Å². The van der Waals surface area contributed by atoms with Gasteiger partial charge in [0.2, 0.25) is 0 Å². The van der Waals surface area contributed by atoms with Gasteiger partial charge < -0.3 is 0 Å². The number of halogens is 2. The topological polar surface area (TPSA) is 0 Å². The number of fused-ring (bicyclic) bond motifs is 4. The van der Waals surface area contributed by atoms with Crippen LogP contribution in [0.25, 0.3) is 17.2 Å². The van der Waals surface area contributed by atoms with Crippen molar-refractivity contribution in [1.29, 1.82) is 0 Å². The van der Waals surface area contributed by atoms with E-state index in [1.54, 1.807) is 19.9 Å².